The fraction of sp³-hybridized carbons (Fsp3) is 0.211. The average Bonchev–Trinajstić information content (AvgIpc) is 2.58. The second-order valence-electron chi connectivity index (χ2n) is 5.85. The van der Waals surface area contributed by atoms with Gasteiger partial charge in [0, 0.05) is 12.3 Å². The van der Waals surface area contributed by atoms with Crippen LogP contribution < -0.4 is 5.73 Å². The van der Waals surface area contributed by atoms with Crippen LogP contribution in [0.1, 0.15) is 29.9 Å². The molecular formula is C19H19NO5. The highest BCUT2D eigenvalue weighted by Gasteiger charge is 2.50. The van der Waals surface area contributed by atoms with Gasteiger partial charge >= 0.3 is 11.9 Å². The fourth-order valence-corrected chi connectivity index (χ4v) is 3.22. The van der Waals surface area contributed by atoms with E-state index in [0.29, 0.717) is 11.1 Å². The van der Waals surface area contributed by atoms with E-state index in [1.807, 2.05) is 0 Å². The van der Waals surface area contributed by atoms with Gasteiger partial charge in [0.1, 0.15) is 5.41 Å². The summed E-state index contributed by atoms with van der Waals surface area (Å²) in [6, 6.07) is 16.6. The maximum Gasteiger partial charge on any atom is 0.315 e. The van der Waals surface area contributed by atoms with Crippen molar-refractivity contribution in [2.75, 3.05) is 0 Å². The van der Waals surface area contributed by atoms with Gasteiger partial charge in [-0.25, -0.2) is 0 Å². The molecular weight excluding hydrogens is 322 g/mol. The molecule has 0 aliphatic carbocycles. The van der Waals surface area contributed by atoms with Gasteiger partial charge in [-0.2, -0.15) is 0 Å². The zero-order valence-electron chi connectivity index (χ0n) is 13.5. The normalized spacial score (nSPS) is 14.2. The molecule has 0 radical (unpaired) electrons. The first-order valence-corrected chi connectivity index (χ1v) is 7.72. The monoisotopic (exact) mass is 341 g/mol. The molecule has 1 amide bonds. The molecule has 4 N–H and O–H groups in total. The van der Waals surface area contributed by atoms with Crippen LogP contribution in [0.15, 0.2) is 60.7 Å². The fourth-order valence-electron chi connectivity index (χ4n) is 3.22. The third-order valence-corrected chi connectivity index (χ3v) is 4.30. The van der Waals surface area contributed by atoms with Gasteiger partial charge in [0.2, 0.25) is 5.91 Å². The number of carbonyl (C=O) groups excluding carboxylic acids is 1. The van der Waals surface area contributed by atoms with Gasteiger partial charge in [-0.3, -0.25) is 14.4 Å². The number of carbonyl (C=O) groups is 3. The van der Waals surface area contributed by atoms with Crippen LogP contribution in [-0.4, -0.2) is 28.1 Å². The molecule has 130 valence electrons. The minimum absolute atomic E-state index is 0.344. The van der Waals surface area contributed by atoms with Gasteiger partial charge in [-0.1, -0.05) is 60.7 Å². The molecule has 0 saturated heterocycles. The van der Waals surface area contributed by atoms with E-state index in [4.69, 9.17) is 5.73 Å². The summed E-state index contributed by atoms with van der Waals surface area (Å²) in [6.45, 7) is 0. The van der Waals surface area contributed by atoms with E-state index in [1.54, 1.807) is 60.7 Å². The predicted octanol–water partition coefficient (Wildman–Crippen LogP) is 2.14. The molecule has 2 rings (SSSR count). The van der Waals surface area contributed by atoms with Crippen LogP contribution in [0.3, 0.4) is 0 Å². The Morgan fingerprint density at radius 3 is 1.88 bits per heavy atom. The Labute approximate surface area is 144 Å². The van der Waals surface area contributed by atoms with Crippen molar-refractivity contribution in [2.45, 2.75) is 24.2 Å². The number of benzene rings is 2. The molecule has 2 atom stereocenters. The Morgan fingerprint density at radius 1 is 0.920 bits per heavy atom. The van der Waals surface area contributed by atoms with Crippen molar-refractivity contribution in [1.29, 1.82) is 0 Å². The van der Waals surface area contributed by atoms with Crippen molar-refractivity contribution in [2.24, 2.45) is 5.73 Å². The average molecular weight is 341 g/mol. The summed E-state index contributed by atoms with van der Waals surface area (Å²) in [5, 5.41) is 19.4. The SMILES string of the molecule is NC(=O)CC(C(=O)O)(c1ccccc1)C(CC(=O)O)c1ccccc1. The van der Waals surface area contributed by atoms with Crippen molar-refractivity contribution in [3.05, 3.63) is 71.8 Å². The highest BCUT2D eigenvalue weighted by Crippen LogP contribution is 2.44. The van der Waals surface area contributed by atoms with Crippen LogP contribution >= 0.6 is 0 Å². The summed E-state index contributed by atoms with van der Waals surface area (Å²) < 4.78 is 0. The van der Waals surface area contributed by atoms with Crippen LogP contribution in [0.5, 0.6) is 0 Å². The van der Waals surface area contributed by atoms with Crippen molar-refractivity contribution in [1.82, 2.24) is 0 Å². The van der Waals surface area contributed by atoms with E-state index in [9.17, 15) is 24.6 Å². The van der Waals surface area contributed by atoms with E-state index in [0.717, 1.165) is 0 Å². The quantitative estimate of drug-likeness (QED) is 0.680. The number of aliphatic carboxylic acids is 2. The number of carboxylic acid groups (broad SMARTS) is 2. The highest BCUT2D eigenvalue weighted by molar-refractivity contribution is 5.91. The Kier molecular flexibility index (Phi) is 5.54. The number of primary amides is 1. The Hall–Kier alpha value is -3.15. The van der Waals surface area contributed by atoms with Crippen molar-refractivity contribution >= 4 is 17.8 Å². The maximum absolute atomic E-state index is 12.4. The number of amides is 1. The Bertz CT molecular complexity index is 760. The maximum atomic E-state index is 12.4. The number of hydrogen-bond donors (Lipinski definition) is 3. The molecule has 25 heavy (non-hydrogen) atoms. The first-order valence-electron chi connectivity index (χ1n) is 7.72. The largest absolute Gasteiger partial charge is 0.481 e. The molecule has 2 aromatic rings. The molecule has 0 heterocycles. The summed E-state index contributed by atoms with van der Waals surface area (Å²) in [5.41, 5.74) is 4.45. The molecule has 0 saturated carbocycles. The van der Waals surface area contributed by atoms with E-state index in [1.165, 1.54) is 0 Å². The van der Waals surface area contributed by atoms with Crippen molar-refractivity contribution < 1.29 is 24.6 Å². The zero-order chi connectivity index (χ0) is 18.4. The van der Waals surface area contributed by atoms with Gasteiger partial charge < -0.3 is 15.9 Å². The van der Waals surface area contributed by atoms with E-state index in [2.05, 4.69) is 0 Å². The summed E-state index contributed by atoms with van der Waals surface area (Å²) in [5.74, 6) is -4.20. The first kappa shape index (κ1) is 18.2. The van der Waals surface area contributed by atoms with Crippen LogP contribution in [-0.2, 0) is 19.8 Å². The van der Waals surface area contributed by atoms with Crippen LogP contribution in [0.4, 0.5) is 0 Å². The number of hydrogen-bond acceptors (Lipinski definition) is 3. The predicted molar refractivity (Wildman–Crippen MR) is 91.0 cm³/mol. The number of nitrogens with two attached hydrogens (primary N) is 1. The van der Waals surface area contributed by atoms with Gasteiger partial charge in [0.25, 0.3) is 0 Å². The second-order valence-corrected chi connectivity index (χ2v) is 5.85. The molecule has 2 unspecified atom stereocenters. The zero-order valence-corrected chi connectivity index (χ0v) is 13.5. The van der Waals surface area contributed by atoms with Gasteiger partial charge in [0.15, 0.2) is 0 Å². The van der Waals surface area contributed by atoms with Crippen LogP contribution in [0.25, 0.3) is 0 Å². The van der Waals surface area contributed by atoms with Gasteiger partial charge in [-0.15, -0.1) is 0 Å². The Balaban J connectivity index is 2.74. The lowest BCUT2D eigenvalue weighted by molar-refractivity contribution is -0.148. The van der Waals surface area contributed by atoms with Crippen LogP contribution in [0, 0.1) is 0 Å². The molecule has 0 bridgehead atoms. The van der Waals surface area contributed by atoms with Crippen molar-refractivity contribution in [3.8, 4) is 0 Å². The van der Waals surface area contributed by atoms with E-state index in [-0.39, 0.29) is 0 Å². The molecule has 6 nitrogen and oxygen atoms in total. The summed E-state index contributed by atoms with van der Waals surface area (Å²) in [6.07, 6.45) is -0.947. The number of rotatable bonds is 8. The molecule has 0 aliphatic rings. The smallest absolute Gasteiger partial charge is 0.315 e. The highest BCUT2D eigenvalue weighted by atomic mass is 16.4. The summed E-state index contributed by atoms with van der Waals surface area (Å²) >= 11 is 0. The first-order chi connectivity index (χ1) is 11.9. The number of carboxylic acids is 2. The van der Waals surface area contributed by atoms with Crippen molar-refractivity contribution in [3.63, 3.8) is 0 Å². The molecule has 2 aromatic carbocycles. The van der Waals surface area contributed by atoms with E-state index < -0.39 is 42.0 Å². The second kappa shape index (κ2) is 7.61. The lowest BCUT2D eigenvalue weighted by Gasteiger charge is -2.36. The summed E-state index contributed by atoms with van der Waals surface area (Å²) in [4.78, 5) is 35.5. The minimum atomic E-state index is -1.77. The molecule has 0 fully saturated rings. The molecule has 6 heteroatoms. The van der Waals surface area contributed by atoms with Gasteiger partial charge in [-0.05, 0) is 11.1 Å². The molecule has 0 aromatic heterocycles. The summed E-state index contributed by atoms with van der Waals surface area (Å²) in [7, 11) is 0. The molecule has 0 spiro atoms. The Morgan fingerprint density at radius 2 is 1.44 bits per heavy atom. The topological polar surface area (TPSA) is 118 Å². The lowest BCUT2D eigenvalue weighted by atomic mass is 9.64. The standard InChI is InChI=1S/C19H19NO5/c20-16(21)12-19(18(24)25,14-9-5-2-6-10-14)15(11-17(22)23)13-7-3-1-4-8-13/h1-10,15H,11-12H2,(H2,20,21)(H,22,23)(H,24,25). The third-order valence-electron chi connectivity index (χ3n) is 4.30. The lowest BCUT2D eigenvalue weighted by Crippen LogP contribution is -2.45. The van der Waals surface area contributed by atoms with E-state index >= 15 is 0 Å². The minimum Gasteiger partial charge on any atom is -0.481 e. The third kappa shape index (κ3) is 3.85. The molecule has 0 aliphatic heterocycles. The van der Waals surface area contributed by atoms with Crippen LogP contribution in [0.2, 0.25) is 0 Å². The van der Waals surface area contributed by atoms with Gasteiger partial charge in [0.05, 0.1) is 6.42 Å².